The molecule has 52 valence electrons. The predicted octanol–water partition coefficient (Wildman–Crippen LogP) is 2.73. The Hall–Kier alpha value is -0.260. The van der Waals surface area contributed by atoms with Gasteiger partial charge in [0.15, 0.2) is 0 Å². The Labute approximate surface area is 73.1 Å². The highest BCUT2D eigenvalue weighted by molar-refractivity contribution is 9.10. The largest absolute Gasteiger partial charge is 0.192 e. The molecule has 0 saturated heterocycles. The van der Waals surface area contributed by atoms with E-state index in [1.165, 1.54) is 0 Å². The molecule has 1 atom stereocenters. The van der Waals surface area contributed by atoms with Crippen molar-refractivity contribution < 1.29 is 0 Å². The number of halogens is 2. The van der Waals surface area contributed by atoms with Crippen LogP contribution in [0.5, 0.6) is 0 Å². The molecule has 0 bridgehead atoms. The van der Waals surface area contributed by atoms with Crippen LogP contribution in [0, 0.1) is 11.3 Å². The Kier molecular flexibility index (Phi) is 2.18. The average molecular weight is 218 g/mol. The van der Waals surface area contributed by atoms with Crippen LogP contribution in [0.2, 0.25) is 0 Å². The maximum atomic E-state index is 8.43. The fourth-order valence-electron chi connectivity index (χ4n) is 0.677. The summed E-state index contributed by atoms with van der Waals surface area (Å²) in [5.74, 6) is 0. The van der Waals surface area contributed by atoms with Gasteiger partial charge in [0.1, 0.15) is 3.78 Å². The van der Waals surface area contributed by atoms with Gasteiger partial charge in [-0.05, 0) is 12.5 Å². The standard InChI is InChI=1S/C7H5BrClN/c8-7(9)3-1-6(5-10)2-4-7/h1-3H,4H2. The maximum Gasteiger partial charge on any atom is 0.121 e. The van der Waals surface area contributed by atoms with E-state index >= 15 is 0 Å². The lowest BCUT2D eigenvalue weighted by atomic mass is 10.1. The second-order valence-electron chi connectivity index (χ2n) is 2.07. The van der Waals surface area contributed by atoms with Gasteiger partial charge in [0.05, 0.1) is 6.07 Å². The van der Waals surface area contributed by atoms with Crippen molar-refractivity contribution in [2.75, 3.05) is 0 Å². The van der Waals surface area contributed by atoms with E-state index in [9.17, 15) is 0 Å². The molecule has 1 aliphatic carbocycles. The summed E-state index contributed by atoms with van der Waals surface area (Å²) in [6.07, 6.45) is 5.95. The van der Waals surface area contributed by atoms with E-state index in [4.69, 9.17) is 16.9 Å². The molecule has 10 heavy (non-hydrogen) atoms. The van der Waals surface area contributed by atoms with Crippen molar-refractivity contribution in [1.29, 1.82) is 5.26 Å². The van der Waals surface area contributed by atoms with Gasteiger partial charge in [0, 0.05) is 5.57 Å². The second kappa shape index (κ2) is 2.77. The lowest BCUT2D eigenvalue weighted by Gasteiger charge is -2.15. The summed E-state index contributed by atoms with van der Waals surface area (Å²) in [5.41, 5.74) is 0.677. The normalized spacial score (nSPS) is 31.1. The number of alkyl halides is 2. The first-order valence-corrected chi connectivity index (χ1v) is 3.98. The fraction of sp³-hybridized carbons (Fsp3) is 0.286. The molecule has 0 radical (unpaired) electrons. The lowest BCUT2D eigenvalue weighted by molar-refractivity contribution is 0.986. The first-order valence-electron chi connectivity index (χ1n) is 2.81. The van der Waals surface area contributed by atoms with Crippen LogP contribution in [0.15, 0.2) is 23.8 Å². The van der Waals surface area contributed by atoms with Crippen molar-refractivity contribution in [1.82, 2.24) is 0 Å². The van der Waals surface area contributed by atoms with Crippen LogP contribution in [0.1, 0.15) is 6.42 Å². The summed E-state index contributed by atoms with van der Waals surface area (Å²) < 4.78 is -0.465. The van der Waals surface area contributed by atoms with Gasteiger partial charge in [-0.25, -0.2) is 0 Å². The van der Waals surface area contributed by atoms with Crippen LogP contribution in [0.3, 0.4) is 0 Å². The van der Waals surface area contributed by atoms with Crippen LogP contribution >= 0.6 is 27.5 Å². The molecule has 0 spiro atoms. The van der Waals surface area contributed by atoms with Crippen molar-refractivity contribution in [2.24, 2.45) is 0 Å². The highest BCUT2D eigenvalue weighted by Crippen LogP contribution is 2.33. The number of hydrogen-bond donors (Lipinski definition) is 0. The minimum absolute atomic E-state index is 0.465. The van der Waals surface area contributed by atoms with Crippen molar-refractivity contribution in [2.45, 2.75) is 10.2 Å². The Morgan fingerprint density at radius 2 is 2.50 bits per heavy atom. The van der Waals surface area contributed by atoms with E-state index in [1.807, 2.05) is 12.1 Å². The third-order valence-electron chi connectivity index (χ3n) is 1.23. The molecular weight excluding hydrogens is 213 g/mol. The third-order valence-corrected chi connectivity index (χ3v) is 2.10. The summed E-state index contributed by atoms with van der Waals surface area (Å²) in [6.45, 7) is 0. The number of nitriles is 1. The van der Waals surface area contributed by atoms with E-state index < -0.39 is 3.78 Å². The molecule has 3 heteroatoms. The number of hydrogen-bond acceptors (Lipinski definition) is 1. The Morgan fingerprint density at radius 3 is 2.90 bits per heavy atom. The first kappa shape index (κ1) is 7.84. The summed E-state index contributed by atoms with van der Waals surface area (Å²) >= 11 is 9.14. The van der Waals surface area contributed by atoms with E-state index in [0.717, 1.165) is 0 Å². The molecule has 0 aromatic rings. The molecule has 0 aliphatic heterocycles. The molecule has 0 heterocycles. The highest BCUT2D eigenvalue weighted by Gasteiger charge is 2.20. The highest BCUT2D eigenvalue weighted by atomic mass is 79.9. The average Bonchev–Trinajstić information content (AvgIpc) is 1.88. The zero-order valence-electron chi connectivity index (χ0n) is 5.14. The van der Waals surface area contributed by atoms with Gasteiger partial charge in [0.2, 0.25) is 0 Å². The number of nitrogens with zero attached hydrogens (tertiary/aromatic N) is 1. The van der Waals surface area contributed by atoms with Gasteiger partial charge in [-0.1, -0.05) is 28.1 Å². The molecule has 1 aliphatic rings. The van der Waals surface area contributed by atoms with Gasteiger partial charge in [-0.2, -0.15) is 5.26 Å². The van der Waals surface area contributed by atoms with Gasteiger partial charge < -0.3 is 0 Å². The van der Waals surface area contributed by atoms with E-state index in [1.54, 1.807) is 12.2 Å². The second-order valence-corrected chi connectivity index (χ2v) is 4.62. The Morgan fingerprint density at radius 1 is 1.80 bits per heavy atom. The van der Waals surface area contributed by atoms with Gasteiger partial charge >= 0.3 is 0 Å². The summed E-state index contributed by atoms with van der Waals surface area (Å²) in [6, 6.07) is 2.04. The van der Waals surface area contributed by atoms with Crippen molar-refractivity contribution >= 4 is 27.5 Å². The van der Waals surface area contributed by atoms with Gasteiger partial charge in [-0.3, -0.25) is 0 Å². The first-order chi connectivity index (χ1) is 4.64. The molecule has 0 N–H and O–H groups in total. The van der Waals surface area contributed by atoms with Crippen LogP contribution < -0.4 is 0 Å². The fourth-order valence-corrected chi connectivity index (χ4v) is 1.11. The van der Waals surface area contributed by atoms with Crippen LogP contribution in [-0.2, 0) is 0 Å². The monoisotopic (exact) mass is 217 g/mol. The lowest BCUT2D eigenvalue weighted by Crippen LogP contribution is -2.08. The summed E-state index contributed by atoms with van der Waals surface area (Å²) in [7, 11) is 0. The zero-order valence-corrected chi connectivity index (χ0v) is 7.48. The minimum Gasteiger partial charge on any atom is -0.192 e. The smallest absolute Gasteiger partial charge is 0.121 e. The molecule has 1 unspecified atom stereocenters. The van der Waals surface area contributed by atoms with E-state index in [-0.39, 0.29) is 0 Å². The zero-order chi connectivity index (χ0) is 7.61. The van der Waals surface area contributed by atoms with Crippen LogP contribution in [0.4, 0.5) is 0 Å². The summed E-state index contributed by atoms with van der Waals surface area (Å²) in [4.78, 5) is 0. The topological polar surface area (TPSA) is 23.8 Å². The predicted molar refractivity (Wildman–Crippen MR) is 45.0 cm³/mol. The maximum absolute atomic E-state index is 8.43. The SMILES string of the molecule is N#CC1=CCC(Cl)(Br)C=C1. The molecule has 0 aromatic carbocycles. The van der Waals surface area contributed by atoms with Gasteiger partial charge in [0.25, 0.3) is 0 Å². The minimum atomic E-state index is -0.465. The number of allylic oxidation sites excluding steroid dienone is 4. The molecule has 1 nitrogen and oxygen atoms in total. The molecule has 0 aromatic heterocycles. The van der Waals surface area contributed by atoms with Crippen LogP contribution in [-0.4, -0.2) is 3.78 Å². The van der Waals surface area contributed by atoms with Gasteiger partial charge in [-0.15, -0.1) is 11.6 Å². The third kappa shape index (κ3) is 1.86. The molecule has 0 fully saturated rings. The Bertz CT molecular complexity index is 234. The quantitative estimate of drug-likeness (QED) is 0.574. The van der Waals surface area contributed by atoms with Crippen molar-refractivity contribution in [3.05, 3.63) is 23.8 Å². The number of rotatable bonds is 0. The Balaban J connectivity index is 2.75. The van der Waals surface area contributed by atoms with E-state index in [0.29, 0.717) is 12.0 Å². The van der Waals surface area contributed by atoms with Crippen molar-refractivity contribution in [3.8, 4) is 6.07 Å². The van der Waals surface area contributed by atoms with Crippen molar-refractivity contribution in [3.63, 3.8) is 0 Å². The molecule has 0 amide bonds. The molecular formula is C7H5BrClN. The summed E-state index contributed by atoms with van der Waals surface area (Å²) in [5, 5.41) is 8.43. The molecule has 1 rings (SSSR count). The van der Waals surface area contributed by atoms with E-state index in [2.05, 4.69) is 15.9 Å². The molecule has 0 saturated carbocycles. The van der Waals surface area contributed by atoms with Crippen LogP contribution in [0.25, 0.3) is 0 Å².